The topological polar surface area (TPSA) is 150 Å². The van der Waals surface area contributed by atoms with Crippen molar-refractivity contribution in [1.29, 1.82) is 0 Å². The summed E-state index contributed by atoms with van der Waals surface area (Å²) in [6.07, 6.45) is 0.148. The lowest BCUT2D eigenvalue weighted by molar-refractivity contribution is -0.160. The molecule has 2 rings (SSSR count). The van der Waals surface area contributed by atoms with E-state index in [0.717, 1.165) is 16.7 Å². The van der Waals surface area contributed by atoms with Crippen molar-refractivity contribution in [2.45, 2.75) is 32.4 Å². The summed E-state index contributed by atoms with van der Waals surface area (Å²) in [4.78, 5) is 36.0. The molecular weight excluding hydrogens is 412 g/mol. The van der Waals surface area contributed by atoms with Crippen LogP contribution in [0.2, 0.25) is 0 Å². The summed E-state index contributed by atoms with van der Waals surface area (Å²) < 4.78 is 34.9. The molecule has 0 aliphatic carbocycles. The van der Waals surface area contributed by atoms with Crippen LogP contribution in [0.1, 0.15) is 20.3 Å². The van der Waals surface area contributed by atoms with Crippen LogP contribution in [0.5, 0.6) is 0 Å². The van der Waals surface area contributed by atoms with Gasteiger partial charge in [-0.15, -0.1) is 0 Å². The van der Waals surface area contributed by atoms with Crippen LogP contribution < -0.4 is 5.32 Å². The van der Waals surface area contributed by atoms with E-state index in [1.54, 1.807) is 0 Å². The van der Waals surface area contributed by atoms with Crippen molar-refractivity contribution in [3.05, 3.63) is 21.2 Å². The second-order valence-corrected chi connectivity index (χ2v) is 8.38. The van der Waals surface area contributed by atoms with Gasteiger partial charge in [0, 0.05) is 24.4 Å². The molecule has 2 heterocycles. The predicted octanol–water partition coefficient (Wildman–Crippen LogP) is 0.628. The molecule has 0 aromatic heterocycles. The van der Waals surface area contributed by atoms with Gasteiger partial charge in [0.15, 0.2) is 0 Å². The molecule has 2 aliphatic rings. The minimum absolute atomic E-state index is 0.0858. The van der Waals surface area contributed by atoms with Gasteiger partial charge in [-0.25, -0.2) is 8.98 Å². The van der Waals surface area contributed by atoms with E-state index in [9.17, 15) is 27.9 Å². The van der Waals surface area contributed by atoms with E-state index in [1.807, 2.05) is 0 Å². The molecule has 144 valence electrons. The maximum atomic E-state index is 12.3. The molecule has 0 saturated carbocycles. The largest absolute Gasteiger partial charge is 0.477 e. The summed E-state index contributed by atoms with van der Waals surface area (Å²) in [5.74, 6) is -3.25. The molecule has 10 nitrogen and oxygen atoms in total. The number of thioether (sulfide) groups is 1. The maximum Gasteiger partial charge on any atom is 0.397 e. The van der Waals surface area contributed by atoms with Gasteiger partial charge in [0.05, 0.1) is 22.4 Å². The minimum Gasteiger partial charge on any atom is -0.477 e. The van der Waals surface area contributed by atoms with Crippen LogP contribution in [-0.4, -0.2) is 52.9 Å². The first-order valence-electron chi connectivity index (χ1n) is 7.18. The van der Waals surface area contributed by atoms with E-state index in [1.165, 1.54) is 20.0 Å². The van der Waals surface area contributed by atoms with Crippen LogP contribution in [0.3, 0.4) is 0 Å². The van der Waals surface area contributed by atoms with Gasteiger partial charge in [-0.2, -0.15) is 8.42 Å². The summed E-state index contributed by atoms with van der Waals surface area (Å²) in [6, 6.07) is -0.627. The van der Waals surface area contributed by atoms with E-state index in [4.69, 9.17) is 16.2 Å². The highest BCUT2D eigenvalue weighted by atomic mass is 35.5. The number of hydrogen-bond donors (Lipinski definition) is 3. The standard InChI is InChI=1S/C13H15ClN2O8S2/c1-5(24-26(21,22)23)10-7-3-8(25-9(14)4-15-6(2)17)11(13(19)20)16(7)12(10)18/h4-5,7,10H,3H2,1-2H3,(H,15,17)(H,19,20)(H,21,22,23)/t5-,7+,10-/m0/s1. The first-order valence-corrected chi connectivity index (χ1v) is 9.74. The van der Waals surface area contributed by atoms with Crippen molar-refractivity contribution in [2.75, 3.05) is 0 Å². The molecule has 0 unspecified atom stereocenters. The fourth-order valence-corrected chi connectivity index (χ4v) is 4.59. The summed E-state index contributed by atoms with van der Waals surface area (Å²) in [6.45, 7) is 2.57. The van der Waals surface area contributed by atoms with Crippen molar-refractivity contribution in [1.82, 2.24) is 10.2 Å². The molecular formula is C13H15ClN2O8S2. The molecule has 13 heteroatoms. The van der Waals surface area contributed by atoms with Crippen LogP contribution in [-0.2, 0) is 29.0 Å². The van der Waals surface area contributed by atoms with Gasteiger partial charge in [0.2, 0.25) is 11.8 Å². The van der Waals surface area contributed by atoms with Crippen molar-refractivity contribution in [3.8, 4) is 0 Å². The predicted molar refractivity (Wildman–Crippen MR) is 90.8 cm³/mol. The minimum atomic E-state index is -4.75. The average molecular weight is 427 g/mol. The third-order valence-electron chi connectivity index (χ3n) is 3.76. The van der Waals surface area contributed by atoms with E-state index in [2.05, 4.69) is 9.50 Å². The van der Waals surface area contributed by atoms with E-state index in [-0.39, 0.29) is 27.3 Å². The third kappa shape index (κ3) is 4.38. The SMILES string of the molecule is CC(=O)NC=C(Cl)SC1=C(C(=O)O)N2C(=O)[C@@H]([C@H](C)OS(=O)(=O)O)[C@H]2C1. The molecule has 0 aromatic rings. The summed E-state index contributed by atoms with van der Waals surface area (Å²) in [7, 11) is -4.75. The molecule has 1 fully saturated rings. The lowest BCUT2D eigenvalue weighted by Gasteiger charge is -2.45. The zero-order chi connectivity index (χ0) is 19.8. The number of carboxylic acid groups (broad SMARTS) is 1. The quantitative estimate of drug-likeness (QED) is 0.393. The summed E-state index contributed by atoms with van der Waals surface area (Å²) >= 11 is 6.83. The van der Waals surface area contributed by atoms with Crippen molar-refractivity contribution >= 4 is 51.5 Å². The molecule has 0 aromatic carbocycles. The van der Waals surface area contributed by atoms with Crippen molar-refractivity contribution < 1.29 is 36.6 Å². The van der Waals surface area contributed by atoms with Gasteiger partial charge < -0.3 is 15.3 Å². The number of nitrogens with zero attached hydrogens (tertiary/aromatic N) is 1. The molecule has 3 N–H and O–H groups in total. The number of carboxylic acids is 1. The smallest absolute Gasteiger partial charge is 0.397 e. The van der Waals surface area contributed by atoms with Crippen molar-refractivity contribution in [2.24, 2.45) is 5.92 Å². The van der Waals surface area contributed by atoms with Crippen LogP contribution in [0.25, 0.3) is 0 Å². The Balaban J connectivity index is 2.20. The van der Waals surface area contributed by atoms with E-state index in [0.29, 0.717) is 0 Å². The Bertz CT molecular complexity index is 822. The molecule has 2 aliphatic heterocycles. The van der Waals surface area contributed by atoms with Crippen LogP contribution >= 0.6 is 23.4 Å². The second-order valence-electron chi connectivity index (χ2n) is 5.56. The molecule has 0 radical (unpaired) electrons. The number of nitrogens with one attached hydrogen (secondary N) is 1. The maximum absolute atomic E-state index is 12.3. The number of carbonyl (C=O) groups excluding carboxylic acids is 2. The van der Waals surface area contributed by atoms with Crippen LogP contribution in [0.15, 0.2) is 21.2 Å². The lowest BCUT2D eigenvalue weighted by Crippen LogP contribution is -2.62. The molecule has 1 saturated heterocycles. The van der Waals surface area contributed by atoms with E-state index >= 15 is 0 Å². The first kappa shape index (κ1) is 20.7. The molecule has 3 atom stereocenters. The monoisotopic (exact) mass is 426 g/mol. The average Bonchev–Trinajstić information content (AvgIpc) is 2.77. The zero-order valence-corrected chi connectivity index (χ0v) is 15.9. The Labute approximate surface area is 158 Å². The van der Waals surface area contributed by atoms with Gasteiger partial charge in [0.25, 0.3) is 0 Å². The third-order valence-corrected chi connectivity index (χ3v) is 5.57. The number of rotatable bonds is 7. The first-order chi connectivity index (χ1) is 11.9. The molecule has 0 spiro atoms. The Morgan fingerprint density at radius 3 is 2.62 bits per heavy atom. The Morgan fingerprint density at radius 1 is 1.50 bits per heavy atom. The molecule has 2 amide bonds. The van der Waals surface area contributed by atoms with Crippen molar-refractivity contribution in [3.63, 3.8) is 0 Å². The second kappa shape index (κ2) is 7.56. The van der Waals surface area contributed by atoms with Gasteiger partial charge in [0.1, 0.15) is 5.70 Å². The highest BCUT2D eigenvalue weighted by Crippen LogP contribution is 2.49. The number of amides is 2. The fourth-order valence-electron chi connectivity index (χ4n) is 2.87. The normalized spacial score (nSPS) is 24.2. The summed E-state index contributed by atoms with van der Waals surface area (Å²) in [5.41, 5.74) is -0.255. The number of aliphatic carboxylic acids is 1. The number of carbonyl (C=O) groups is 3. The molecule has 26 heavy (non-hydrogen) atoms. The Morgan fingerprint density at radius 2 is 2.12 bits per heavy atom. The van der Waals surface area contributed by atoms with Gasteiger partial charge in [-0.3, -0.25) is 14.1 Å². The Hall–Kier alpha value is -1.60. The van der Waals surface area contributed by atoms with Crippen LogP contribution in [0, 0.1) is 5.92 Å². The van der Waals surface area contributed by atoms with E-state index < -0.39 is 40.3 Å². The highest BCUT2D eigenvalue weighted by molar-refractivity contribution is 8.08. The fraction of sp³-hybridized carbons (Fsp3) is 0.462. The number of fused-ring (bicyclic) bond motifs is 1. The van der Waals surface area contributed by atoms with Gasteiger partial charge in [-0.1, -0.05) is 23.4 Å². The molecule has 0 bridgehead atoms. The van der Waals surface area contributed by atoms with Gasteiger partial charge in [-0.05, 0) is 6.92 Å². The highest BCUT2D eigenvalue weighted by Gasteiger charge is 2.58. The number of halogens is 1. The van der Waals surface area contributed by atoms with Gasteiger partial charge >= 0.3 is 16.4 Å². The lowest BCUT2D eigenvalue weighted by atomic mass is 9.83. The van der Waals surface area contributed by atoms with Crippen LogP contribution in [0.4, 0.5) is 0 Å². The number of β-lactam (4-membered cyclic amide) rings is 1. The Kier molecular flexibility index (Phi) is 6.02. The summed E-state index contributed by atoms with van der Waals surface area (Å²) in [5, 5.41) is 11.7. The number of hydrogen-bond acceptors (Lipinski definition) is 7. The zero-order valence-electron chi connectivity index (χ0n) is 13.5.